The summed E-state index contributed by atoms with van der Waals surface area (Å²) in [5.41, 5.74) is 6.63. The highest BCUT2D eigenvalue weighted by atomic mass is 16.6. The van der Waals surface area contributed by atoms with Crippen LogP contribution in [0.2, 0.25) is 0 Å². The van der Waals surface area contributed by atoms with Crippen LogP contribution < -0.4 is 20.3 Å². The molecule has 3 rings (SSSR count). The summed E-state index contributed by atoms with van der Waals surface area (Å²) in [5.74, 6) is 1.53. The maximum Gasteiger partial charge on any atom is 0.247 e. The van der Waals surface area contributed by atoms with Crippen LogP contribution in [0.15, 0.2) is 36.4 Å². The van der Waals surface area contributed by atoms with E-state index in [-0.39, 0.29) is 17.9 Å². The maximum atomic E-state index is 12.4. The number of hydrogen-bond donors (Lipinski definition) is 2. The zero-order valence-corrected chi connectivity index (χ0v) is 20.7. The van der Waals surface area contributed by atoms with Crippen LogP contribution in [0, 0.1) is 6.92 Å². The van der Waals surface area contributed by atoms with Crippen LogP contribution in [-0.4, -0.2) is 25.7 Å². The highest BCUT2D eigenvalue weighted by molar-refractivity contribution is 5.76. The number of carbonyl (C=O) groups excluding carboxylic acids is 1. The average molecular weight is 443 g/mol. The van der Waals surface area contributed by atoms with Crippen molar-refractivity contribution in [1.82, 2.24) is 5.48 Å². The molecule has 1 aliphatic rings. The normalized spacial score (nSPS) is 17.1. The van der Waals surface area contributed by atoms with Crippen LogP contribution in [0.4, 0.5) is 5.69 Å². The van der Waals surface area contributed by atoms with Gasteiger partial charge in [0.1, 0.15) is 17.6 Å². The van der Waals surface area contributed by atoms with E-state index in [1.807, 2.05) is 45.0 Å². The van der Waals surface area contributed by atoms with Gasteiger partial charge in [-0.05, 0) is 62.4 Å². The molecule has 2 atom stereocenters. The third-order valence-electron chi connectivity index (χ3n) is 5.58. The molecule has 0 aromatic heterocycles. The molecule has 0 bridgehead atoms. The number of ether oxygens (including phenoxy) is 2. The van der Waals surface area contributed by atoms with Gasteiger partial charge in [0, 0.05) is 16.8 Å². The topological polar surface area (TPSA) is 68.8 Å². The molecular formula is C26H38N2O4. The second-order valence-corrected chi connectivity index (χ2v) is 8.55. The zero-order valence-electron chi connectivity index (χ0n) is 20.7. The first kappa shape index (κ1) is 25.5. The van der Waals surface area contributed by atoms with Crippen LogP contribution in [-0.2, 0) is 9.63 Å². The Labute approximate surface area is 192 Å². The Bertz CT molecular complexity index is 911. The molecule has 32 heavy (non-hydrogen) atoms. The van der Waals surface area contributed by atoms with E-state index in [1.165, 1.54) is 12.7 Å². The van der Waals surface area contributed by atoms with Crippen molar-refractivity contribution in [3.05, 3.63) is 53.1 Å². The van der Waals surface area contributed by atoms with Gasteiger partial charge < -0.3 is 14.8 Å². The Morgan fingerprint density at radius 3 is 2.47 bits per heavy atom. The Morgan fingerprint density at radius 2 is 1.81 bits per heavy atom. The molecule has 0 radical (unpaired) electrons. The Morgan fingerprint density at radius 1 is 1.16 bits per heavy atom. The number of benzene rings is 2. The number of rotatable bonds is 7. The van der Waals surface area contributed by atoms with E-state index in [9.17, 15) is 4.79 Å². The molecule has 0 saturated heterocycles. The van der Waals surface area contributed by atoms with Gasteiger partial charge in [0.2, 0.25) is 5.91 Å². The predicted octanol–water partition coefficient (Wildman–Crippen LogP) is 5.92. The highest BCUT2D eigenvalue weighted by Crippen LogP contribution is 2.44. The smallest absolute Gasteiger partial charge is 0.247 e. The summed E-state index contributed by atoms with van der Waals surface area (Å²) in [6, 6.07) is 11.8. The quantitative estimate of drug-likeness (QED) is 0.521. The van der Waals surface area contributed by atoms with Crippen LogP contribution in [0.25, 0.3) is 0 Å². The molecular weight excluding hydrogens is 404 g/mol. The molecule has 0 saturated carbocycles. The molecule has 0 aliphatic carbocycles. The third-order valence-corrected chi connectivity index (χ3v) is 5.58. The molecule has 0 spiro atoms. The Kier molecular flexibility index (Phi) is 8.96. The van der Waals surface area contributed by atoms with Gasteiger partial charge in [0.05, 0.1) is 20.6 Å². The molecule has 2 N–H and O–H groups in total. The summed E-state index contributed by atoms with van der Waals surface area (Å²) < 4.78 is 11.9. The van der Waals surface area contributed by atoms with E-state index in [4.69, 9.17) is 14.3 Å². The summed E-state index contributed by atoms with van der Waals surface area (Å²) in [5, 5.41) is 3.63. The molecule has 6 heteroatoms. The second-order valence-electron chi connectivity index (χ2n) is 8.55. The molecule has 2 aromatic carbocycles. The van der Waals surface area contributed by atoms with Crippen molar-refractivity contribution < 1.29 is 19.1 Å². The van der Waals surface area contributed by atoms with E-state index in [2.05, 4.69) is 43.7 Å². The number of hydrogen-bond acceptors (Lipinski definition) is 5. The summed E-state index contributed by atoms with van der Waals surface area (Å²) in [4.78, 5) is 17.2. The van der Waals surface area contributed by atoms with E-state index in [0.717, 1.165) is 29.0 Å². The van der Waals surface area contributed by atoms with Crippen molar-refractivity contribution in [1.29, 1.82) is 0 Å². The Balaban J connectivity index is 0.00000176. The minimum atomic E-state index is -0.466. The van der Waals surface area contributed by atoms with Crippen LogP contribution >= 0.6 is 0 Å². The lowest BCUT2D eigenvalue weighted by Crippen LogP contribution is -2.37. The molecule has 6 nitrogen and oxygen atoms in total. The van der Waals surface area contributed by atoms with Gasteiger partial charge >= 0.3 is 0 Å². The molecule has 1 unspecified atom stereocenters. The molecule has 1 aliphatic heterocycles. The van der Waals surface area contributed by atoms with Crippen LogP contribution in [0.1, 0.15) is 76.2 Å². The fourth-order valence-electron chi connectivity index (χ4n) is 4.44. The largest absolute Gasteiger partial charge is 0.496 e. The second kappa shape index (κ2) is 11.2. The number of nitrogens with one attached hydrogen (secondary N) is 2. The molecule has 1 heterocycles. The number of methoxy groups -OCH3 is 1. The van der Waals surface area contributed by atoms with Gasteiger partial charge in [-0.2, -0.15) is 0 Å². The molecule has 2 aromatic rings. The number of carbonyl (C=O) groups is 1. The zero-order chi connectivity index (χ0) is 23.9. The van der Waals surface area contributed by atoms with Crippen molar-refractivity contribution in [2.24, 2.45) is 0 Å². The van der Waals surface area contributed by atoms with Crippen molar-refractivity contribution >= 4 is 11.6 Å². The maximum absolute atomic E-state index is 12.4. The SMILES string of the molecule is CC.CONC(=O)CC(Oc1cccc(OC)c1C)c1cccc2c1[C@@H](C)CC(C)(C)N2. The first-order valence-electron chi connectivity index (χ1n) is 11.3. The minimum Gasteiger partial charge on any atom is -0.496 e. The van der Waals surface area contributed by atoms with Gasteiger partial charge in [-0.1, -0.05) is 39.0 Å². The van der Waals surface area contributed by atoms with Gasteiger partial charge in [-0.25, -0.2) is 5.48 Å². The van der Waals surface area contributed by atoms with E-state index >= 15 is 0 Å². The van der Waals surface area contributed by atoms with Crippen molar-refractivity contribution in [3.63, 3.8) is 0 Å². The van der Waals surface area contributed by atoms with Crippen molar-refractivity contribution in [2.45, 2.75) is 71.9 Å². The van der Waals surface area contributed by atoms with Crippen LogP contribution in [0.5, 0.6) is 11.5 Å². The molecule has 1 amide bonds. The lowest BCUT2D eigenvalue weighted by molar-refractivity contribution is -0.133. The van der Waals surface area contributed by atoms with E-state index in [1.54, 1.807) is 7.11 Å². The first-order valence-corrected chi connectivity index (χ1v) is 11.3. The fourth-order valence-corrected chi connectivity index (χ4v) is 4.44. The third kappa shape index (κ3) is 5.94. The minimum absolute atomic E-state index is 0.0121. The van der Waals surface area contributed by atoms with Crippen molar-refractivity contribution in [3.8, 4) is 11.5 Å². The average Bonchev–Trinajstić information content (AvgIpc) is 2.75. The van der Waals surface area contributed by atoms with Gasteiger partial charge in [0.15, 0.2) is 0 Å². The summed E-state index contributed by atoms with van der Waals surface area (Å²) in [7, 11) is 3.07. The summed E-state index contributed by atoms with van der Waals surface area (Å²) in [6.45, 7) is 12.6. The number of hydroxylamine groups is 1. The summed E-state index contributed by atoms with van der Waals surface area (Å²) >= 11 is 0. The predicted molar refractivity (Wildman–Crippen MR) is 129 cm³/mol. The van der Waals surface area contributed by atoms with Crippen LogP contribution in [0.3, 0.4) is 0 Å². The number of amides is 1. The summed E-state index contributed by atoms with van der Waals surface area (Å²) in [6.07, 6.45) is 0.662. The van der Waals surface area contributed by atoms with Gasteiger partial charge in [0.25, 0.3) is 0 Å². The van der Waals surface area contributed by atoms with Gasteiger partial charge in [-0.3, -0.25) is 9.63 Å². The van der Waals surface area contributed by atoms with Gasteiger partial charge in [-0.15, -0.1) is 0 Å². The monoisotopic (exact) mass is 442 g/mol. The number of anilines is 1. The van der Waals surface area contributed by atoms with Crippen molar-refractivity contribution in [2.75, 3.05) is 19.5 Å². The molecule has 0 fully saturated rings. The Hall–Kier alpha value is -2.73. The highest BCUT2D eigenvalue weighted by Gasteiger charge is 2.33. The first-order chi connectivity index (χ1) is 15.3. The van der Waals surface area contributed by atoms with E-state index in [0.29, 0.717) is 11.7 Å². The standard InChI is InChI=1S/C24H32N2O4.C2H6/c1-15-14-24(3,4)25-18-10-7-9-17(23(15)18)21(13-22(27)26-29-6)30-20-12-8-11-19(28-5)16(20)2;1-2/h7-12,15,21,25H,13-14H2,1-6H3,(H,26,27);1-2H3/t15-,21?;/m0./s1. The lowest BCUT2D eigenvalue weighted by Gasteiger charge is -2.39. The lowest BCUT2D eigenvalue weighted by atomic mass is 9.79. The number of fused-ring (bicyclic) bond motifs is 1. The molecule has 176 valence electrons. The fraction of sp³-hybridized carbons (Fsp3) is 0.500. The van der Waals surface area contributed by atoms with E-state index < -0.39 is 6.10 Å².